The topological polar surface area (TPSA) is 17.0 Å². The Kier molecular flexibility index (Phi) is 2.13. The van der Waals surface area contributed by atoms with Gasteiger partial charge in [0.15, 0.2) is 0 Å². The van der Waals surface area contributed by atoms with Gasteiger partial charge in [0.25, 0.3) is 0 Å². The lowest BCUT2D eigenvalue weighted by molar-refractivity contribution is 0.343. The second kappa shape index (κ2) is 3.38. The van der Waals surface area contributed by atoms with E-state index in [4.69, 9.17) is 0 Å². The zero-order valence-electron chi connectivity index (χ0n) is 9.66. The lowest BCUT2D eigenvalue weighted by Crippen LogP contribution is -2.31. The maximum absolute atomic E-state index is 3.80. The highest BCUT2D eigenvalue weighted by atomic mass is 15.0. The molecular formula is C13H20N2. The minimum Gasteiger partial charge on any atom is -0.357 e. The molecule has 2 unspecified atom stereocenters. The van der Waals surface area contributed by atoms with Gasteiger partial charge >= 0.3 is 0 Å². The number of nitrogens with zero attached hydrogens (tertiary/aromatic N) is 1. The molecule has 0 spiro atoms. The fraction of sp³-hybridized carbons (Fsp3) is 0.692. The van der Waals surface area contributed by atoms with Crippen LogP contribution >= 0.6 is 0 Å². The van der Waals surface area contributed by atoms with Crippen molar-refractivity contribution >= 4 is 0 Å². The first-order chi connectivity index (χ1) is 7.24. The minimum atomic E-state index is 0.613. The van der Waals surface area contributed by atoms with E-state index in [2.05, 4.69) is 36.2 Å². The first kappa shape index (κ1) is 9.46. The van der Waals surface area contributed by atoms with Gasteiger partial charge in [-0.1, -0.05) is 6.92 Å². The number of aryl methyl sites for hydroxylation is 2. The van der Waals surface area contributed by atoms with Gasteiger partial charge in [0.05, 0.1) is 0 Å². The van der Waals surface area contributed by atoms with Crippen LogP contribution in [0.2, 0.25) is 0 Å². The van der Waals surface area contributed by atoms with Gasteiger partial charge in [-0.25, -0.2) is 0 Å². The van der Waals surface area contributed by atoms with Crippen LogP contribution in [-0.2, 0) is 13.5 Å². The third-order valence-electron chi connectivity index (χ3n) is 3.84. The molecule has 1 heterocycles. The molecule has 0 aromatic carbocycles. The summed E-state index contributed by atoms with van der Waals surface area (Å²) in [5.41, 5.74) is 3.12. The average molecular weight is 204 g/mol. The predicted octanol–water partition coefficient (Wildman–Crippen LogP) is 2.40. The summed E-state index contributed by atoms with van der Waals surface area (Å²) in [5.74, 6) is 0.792. The van der Waals surface area contributed by atoms with Crippen LogP contribution in [0.25, 0.3) is 0 Å². The first-order valence-electron chi connectivity index (χ1n) is 6.15. The third-order valence-corrected chi connectivity index (χ3v) is 3.84. The predicted molar refractivity (Wildman–Crippen MR) is 61.8 cm³/mol. The van der Waals surface area contributed by atoms with Crippen molar-refractivity contribution in [2.24, 2.45) is 13.0 Å². The molecule has 1 saturated carbocycles. The minimum absolute atomic E-state index is 0.613. The normalized spacial score (nSPS) is 30.3. The van der Waals surface area contributed by atoms with Crippen LogP contribution in [0.1, 0.15) is 43.4 Å². The van der Waals surface area contributed by atoms with Crippen molar-refractivity contribution in [3.63, 3.8) is 0 Å². The van der Waals surface area contributed by atoms with Crippen LogP contribution in [-0.4, -0.2) is 10.6 Å². The monoisotopic (exact) mass is 204 g/mol. The summed E-state index contributed by atoms with van der Waals surface area (Å²) in [7, 11) is 2.14. The van der Waals surface area contributed by atoms with Crippen LogP contribution in [0, 0.1) is 5.92 Å². The van der Waals surface area contributed by atoms with Gasteiger partial charge < -0.3 is 9.88 Å². The molecular weight excluding hydrogens is 184 g/mol. The second-order valence-electron chi connectivity index (χ2n) is 5.34. The summed E-state index contributed by atoms with van der Waals surface area (Å²) in [5, 5.41) is 3.80. The molecule has 2 heteroatoms. The third kappa shape index (κ3) is 1.71. The van der Waals surface area contributed by atoms with Crippen LogP contribution in [0.4, 0.5) is 0 Å². The zero-order chi connectivity index (χ0) is 10.4. The highest BCUT2D eigenvalue weighted by Gasteiger charge is 2.32. The molecule has 0 amide bonds. The number of rotatable bonds is 2. The Morgan fingerprint density at radius 3 is 2.80 bits per heavy atom. The molecule has 3 rings (SSSR count). The van der Waals surface area contributed by atoms with Gasteiger partial charge in [-0.3, -0.25) is 0 Å². The van der Waals surface area contributed by atoms with Gasteiger partial charge in [-0.2, -0.15) is 0 Å². The maximum atomic E-state index is 3.80. The Balaban J connectivity index is 1.89. The van der Waals surface area contributed by atoms with Gasteiger partial charge in [-0.05, 0) is 42.7 Å². The lowest BCUT2D eigenvalue weighted by Gasteiger charge is -2.30. The molecule has 2 atom stereocenters. The number of nitrogens with one attached hydrogen (secondary N) is 1. The summed E-state index contributed by atoms with van der Waals surface area (Å²) in [6.45, 7) is 2.38. The van der Waals surface area contributed by atoms with E-state index in [9.17, 15) is 0 Å². The molecule has 2 aliphatic rings. The van der Waals surface area contributed by atoms with Gasteiger partial charge in [-0.15, -0.1) is 0 Å². The second-order valence-corrected chi connectivity index (χ2v) is 5.34. The van der Waals surface area contributed by atoms with Crippen molar-refractivity contribution in [2.75, 3.05) is 0 Å². The molecule has 1 N–H and O–H groups in total. The van der Waals surface area contributed by atoms with Gasteiger partial charge in [0.1, 0.15) is 0 Å². The van der Waals surface area contributed by atoms with Crippen molar-refractivity contribution in [1.82, 2.24) is 9.88 Å². The van der Waals surface area contributed by atoms with Gasteiger partial charge in [0, 0.05) is 31.5 Å². The van der Waals surface area contributed by atoms with E-state index in [0.717, 1.165) is 12.0 Å². The van der Waals surface area contributed by atoms with Crippen LogP contribution in [0.5, 0.6) is 0 Å². The van der Waals surface area contributed by atoms with E-state index in [1.54, 1.807) is 11.1 Å². The fourth-order valence-electron chi connectivity index (χ4n) is 2.76. The molecule has 1 aromatic heterocycles. The Morgan fingerprint density at radius 1 is 1.27 bits per heavy atom. The maximum Gasteiger partial charge on any atom is 0.0366 e. The van der Waals surface area contributed by atoms with Crippen LogP contribution in [0.3, 0.4) is 0 Å². The van der Waals surface area contributed by atoms with E-state index in [-0.39, 0.29) is 0 Å². The molecule has 0 radical (unpaired) electrons. The molecule has 0 saturated heterocycles. The SMILES string of the molecule is CC1CCc2cn(C)cc2C1NC1CC1. The smallest absolute Gasteiger partial charge is 0.0366 e. The molecule has 1 aromatic rings. The zero-order valence-corrected chi connectivity index (χ0v) is 9.66. The largest absolute Gasteiger partial charge is 0.357 e. The number of aromatic nitrogens is 1. The fourth-order valence-corrected chi connectivity index (χ4v) is 2.76. The first-order valence-corrected chi connectivity index (χ1v) is 6.15. The average Bonchev–Trinajstić information content (AvgIpc) is 2.93. The molecule has 1 fully saturated rings. The van der Waals surface area contributed by atoms with E-state index < -0.39 is 0 Å². The standard InChI is InChI=1S/C13H20N2/c1-9-3-4-10-7-15(2)8-12(10)13(9)14-11-5-6-11/h7-9,11,13-14H,3-6H2,1-2H3. The van der Waals surface area contributed by atoms with Crippen molar-refractivity contribution in [1.29, 1.82) is 0 Å². The van der Waals surface area contributed by atoms with Gasteiger partial charge in [0.2, 0.25) is 0 Å². The lowest BCUT2D eigenvalue weighted by atomic mass is 9.83. The van der Waals surface area contributed by atoms with Crippen molar-refractivity contribution in [3.8, 4) is 0 Å². The van der Waals surface area contributed by atoms with Crippen molar-refractivity contribution < 1.29 is 0 Å². The van der Waals surface area contributed by atoms with E-state index in [1.807, 2.05) is 0 Å². The summed E-state index contributed by atoms with van der Waals surface area (Å²) < 4.78 is 2.21. The Labute approximate surface area is 91.7 Å². The molecule has 2 aliphatic carbocycles. The molecule has 0 aliphatic heterocycles. The van der Waals surface area contributed by atoms with Crippen LogP contribution in [0.15, 0.2) is 12.4 Å². The summed E-state index contributed by atoms with van der Waals surface area (Å²) >= 11 is 0. The Hall–Kier alpha value is -0.760. The number of hydrogen-bond acceptors (Lipinski definition) is 1. The van der Waals surface area contributed by atoms with E-state index in [1.165, 1.54) is 25.7 Å². The Bertz CT molecular complexity index is 363. The van der Waals surface area contributed by atoms with Crippen LogP contribution < -0.4 is 5.32 Å². The van der Waals surface area contributed by atoms with E-state index >= 15 is 0 Å². The van der Waals surface area contributed by atoms with Crippen molar-refractivity contribution in [2.45, 2.75) is 44.7 Å². The molecule has 0 bridgehead atoms. The highest BCUT2D eigenvalue weighted by molar-refractivity contribution is 5.31. The summed E-state index contributed by atoms with van der Waals surface area (Å²) in [6.07, 6.45) is 9.96. The van der Waals surface area contributed by atoms with E-state index in [0.29, 0.717) is 6.04 Å². The quantitative estimate of drug-likeness (QED) is 0.782. The highest BCUT2D eigenvalue weighted by Crippen LogP contribution is 2.37. The summed E-state index contributed by atoms with van der Waals surface area (Å²) in [4.78, 5) is 0. The number of fused-ring (bicyclic) bond motifs is 1. The summed E-state index contributed by atoms with van der Waals surface area (Å²) in [6, 6.07) is 1.42. The van der Waals surface area contributed by atoms with Crippen molar-refractivity contribution in [3.05, 3.63) is 23.5 Å². The molecule has 2 nitrogen and oxygen atoms in total. The Morgan fingerprint density at radius 2 is 2.07 bits per heavy atom. The number of hydrogen-bond donors (Lipinski definition) is 1. The molecule has 15 heavy (non-hydrogen) atoms. The molecule has 82 valence electrons.